The lowest BCUT2D eigenvalue weighted by atomic mass is 9.55. The minimum absolute atomic E-state index is 0.00288. The van der Waals surface area contributed by atoms with Crippen molar-refractivity contribution in [3.8, 4) is 33.4 Å². The van der Waals surface area contributed by atoms with E-state index in [4.69, 9.17) is 149 Å². The van der Waals surface area contributed by atoms with Gasteiger partial charge in [0, 0.05) is 0 Å². The Balaban J connectivity index is 1.64. The van der Waals surface area contributed by atoms with Gasteiger partial charge in [-0.2, -0.15) is 0 Å². The van der Waals surface area contributed by atoms with Crippen molar-refractivity contribution >= 4 is 296 Å². The first-order chi connectivity index (χ1) is 27.8. The van der Waals surface area contributed by atoms with E-state index in [1.165, 1.54) is 0 Å². The van der Waals surface area contributed by atoms with Crippen LogP contribution in [0.3, 0.4) is 0 Å². The fourth-order valence-corrected chi connectivity index (χ4v) is 8.37. The van der Waals surface area contributed by atoms with Crippen LogP contribution in [0.1, 0.15) is 0 Å². The third-order valence-corrected chi connectivity index (χ3v) is 11.5. The SMILES string of the molecule is [B]c1c([B])c(-c2c3c([B])c([B])c([B])c([B])c3c(-c3ccc4ccccc4c3)c3c([B])c([B])c([B])c([B])c23)c([B])c([B])c1-c1c([B])c([B])c([B])c2c([B])c([B])c([B])c([B])c12. The predicted molar refractivity (Wildman–Crippen MR) is 275 cm³/mol. The molecule has 0 saturated heterocycles. The van der Waals surface area contributed by atoms with Crippen LogP contribution in [0.25, 0.3) is 76.5 Å². The van der Waals surface area contributed by atoms with Gasteiger partial charge in [0.05, 0.1) is 0 Å². The highest BCUT2D eigenvalue weighted by Gasteiger charge is 2.28. The highest BCUT2D eigenvalue weighted by Crippen LogP contribution is 2.40. The van der Waals surface area contributed by atoms with Crippen LogP contribution in [0.15, 0.2) is 42.5 Å². The molecule has 0 unspecified atom stereocenters. The second-order valence-electron chi connectivity index (χ2n) is 14.5. The number of fused-ring (bicyclic) bond motifs is 4. The summed E-state index contributed by atoms with van der Waals surface area (Å²) in [5, 5.41) is 3.27. The summed E-state index contributed by atoms with van der Waals surface area (Å²) in [6.07, 6.45) is 0. The molecule has 59 heavy (non-hydrogen) atoms. The summed E-state index contributed by atoms with van der Waals surface area (Å²) in [6.45, 7) is 0. The second-order valence-corrected chi connectivity index (χ2v) is 14.5. The Kier molecular flexibility index (Phi) is 10.3. The summed E-state index contributed by atoms with van der Waals surface area (Å²) in [4.78, 5) is 0. The number of hydrogen-bond acceptors (Lipinski definition) is 0. The van der Waals surface area contributed by atoms with Crippen molar-refractivity contribution < 1.29 is 0 Å². The Hall–Kier alpha value is -3.97. The van der Waals surface area contributed by atoms with E-state index in [0.29, 0.717) is 21.9 Å². The summed E-state index contributed by atoms with van der Waals surface area (Å²) in [5.41, 5.74) is 0.695. The Bertz CT molecular complexity index is 3140. The van der Waals surface area contributed by atoms with Crippen molar-refractivity contribution in [2.75, 3.05) is 0 Å². The van der Waals surface area contributed by atoms with Gasteiger partial charge in [0.25, 0.3) is 0 Å². The first kappa shape index (κ1) is 41.8. The predicted octanol–water partition coefficient (Wildman–Crippen LogP) is -11.6. The van der Waals surface area contributed by atoms with Crippen molar-refractivity contribution in [3.63, 3.8) is 0 Å². The van der Waals surface area contributed by atoms with Gasteiger partial charge in [-0.05, 0) is 82.5 Å². The van der Waals surface area contributed by atoms with E-state index in [-0.39, 0.29) is 148 Å². The smallest absolute Gasteiger partial charge is 0.110 e. The quantitative estimate of drug-likeness (QED) is 0.128. The van der Waals surface area contributed by atoms with Crippen LogP contribution in [0, 0.1) is 0 Å². The molecule has 224 valence electrons. The van der Waals surface area contributed by atoms with Crippen LogP contribution in [-0.2, 0) is 0 Å². The lowest BCUT2D eigenvalue weighted by Gasteiger charge is -2.32. The summed E-state index contributed by atoms with van der Waals surface area (Å²) >= 11 is 0. The molecule has 0 amide bonds. The monoisotopic (exact) mass is 696 g/mol. The van der Waals surface area contributed by atoms with Crippen LogP contribution >= 0.6 is 0 Å². The maximum absolute atomic E-state index is 7.10. The second kappa shape index (κ2) is 14.6. The van der Waals surface area contributed by atoms with Crippen LogP contribution in [-0.4, -0.2) is 149 Å². The van der Waals surface area contributed by atoms with Crippen LogP contribution in [0.2, 0.25) is 0 Å². The average Bonchev–Trinajstić information content (AvgIpc) is 3.22. The van der Waals surface area contributed by atoms with E-state index in [1.807, 2.05) is 42.5 Å². The standard InChI is InChI=1S/C40H7B19/c41-22-13-11(10-6-5-8-3-1-2-4-9(8)7-10)14-16(25(44)38(57)36(55)23(14)42)12(15(13)24(43)37(56)35(22)54)19-28(47)30(49)20(31(50)29(19)48)17-18-21(32(51)34(53)26(17)45)33(52)40(59)39(58)27(18)46/h1-7H. The minimum atomic E-state index is -0.137. The van der Waals surface area contributed by atoms with Crippen molar-refractivity contribution in [3.05, 3.63) is 42.5 Å². The van der Waals surface area contributed by atoms with Crippen LogP contribution in [0.4, 0.5) is 0 Å². The molecule has 8 aromatic carbocycles. The average molecular weight is 693 g/mol. The summed E-state index contributed by atoms with van der Waals surface area (Å²) in [7, 11) is 127. The number of benzene rings is 8. The van der Waals surface area contributed by atoms with E-state index in [2.05, 4.69) is 0 Å². The molecule has 0 spiro atoms. The molecule has 0 bridgehead atoms. The maximum Gasteiger partial charge on any atom is 0.113 e. The summed E-state index contributed by atoms with van der Waals surface area (Å²) in [5.74, 6) is 0. The van der Waals surface area contributed by atoms with Crippen molar-refractivity contribution in [2.24, 2.45) is 0 Å². The van der Waals surface area contributed by atoms with Crippen molar-refractivity contribution in [2.45, 2.75) is 0 Å². The van der Waals surface area contributed by atoms with Crippen LogP contribution < -0.4 is 104 Å². The molecular weight excluding hydrogens is 686 g/mol. The molecule has 19 heteroatoms. The first-order valence-corrected chi connectivity index (χ1v) is 17.8. The normalized spacial score (nSPS) is 11.7. The van der Waals surface area contributed by atoms with Gasteiger partial charge in [-0.15, -0.1) is 38.2 Å². The fourth-order valence-electron chi connectivity index (χ4n) is 8.37. The molecule has 0 nitrogen and oxygen atoms in total. The first-order valence-electron chi connectivity index (χ1n) is 17.8. The molecule has 0 fully saturated rings. The molecule has 0 N–H and O–H groups in total. The van der Waals surface area contributed by atoms with Crippen molar-refractivity contribution in [1.29, 1.82) is 0 Å². The Labute approximate surface area is 369 Å². The summed E-state index contributed by atoms with van der Waals surface area (Å²) < 4.78 is 0. The molecule has 0 aliphatic rings. The third kappa shape index (κ3) is 5.71. The zero-order chi connectivity index (χ0) is 43.0. The largest absolute Gasteiger partial charge is 0.113 e. The molecule has 0 saturated carbocycles. The molecule has 8 aromatic rings. The zero-order valence-electron chi connectivity index (χ0n) is 31.5. The molecule has 0 aliphatic carbocycles. The van der Waals surface area contributed by atoms with Gasteiger partial charge in [0.1, 0.15) is 149 Å². The lowest BCUT2D eigenvalue weighted by molar-refractivity contribution is 1.73. The molecule has 8 rings (SSSR count). The maximum atomic E-state index is 7.10. The minimum Gasteiger partial charge on any atom is -0.110 e. The van der Waals surface area contributed by atoms with Gasteiger partial charge in [-0.25, -0.2) is 0 Å². The Morgan fingerprint density at radius 3 is 0.898 bits per heavy atom. The van der Waals surface area contributed by atoms with E-state index in [9.17, 15) is 0 Å². The highest BCUT2D eigenvalue weighted by atomic mass is 14.3. The van der Waals surface area contributed by atoms with E-state index >= 15 is 0 Å². The lowest BCUT2D eigenvalue weighted by Crippen LogP contribution is -2.53. The molecule has 0 atom stereocenters. The molecule has 0 aliphatic heterocycles. The number of rotatable bonds is 3. The van der Waals surface area contributed by atoms with Gasteiger partial charge in [-0.3, -0.25) is 0 Å². The highest BCUT2D eigenvalue weighted by molar-refractivity contribution is 6.75. The fraction of sp³-hybridized carbons (Fsp3) is 0. The molecule has 0 aromatic heterocycles. The van der Waals surface area contributed by atoms with E-state index in [1.54, 1.807) is 0 Å². The molecular formula is C40H7B19. The third-order valence-electron chi connectivity index (χ3n) is 11.5. The number of hydrogen-bond donors (Lipinski definition) is 0. The van der Waals surface area contributed by atoms with Gasteiger partial charge in [-0.1, -0.05) is 102 Å². The van der Waals surface area contributed by atoms with Crippen molar-refractivity contribution in [1.82, 2.24) is 0 Å². The Morgan fingerprint density at radius 2 is 0.492 bits per heavy atom. The van der Waals surface area contributed by atoms with Gasteiger partial charge >= 0.3 is 0 Å². The summed E-state index contributed by atoms with van der Waals surface area (Å²) in [6, 6.07) is 13.5. The Morgan fingerprint density at radius 1 is 0.203 bits per heavy atom. The van der Waals surface area contributed by atoms with E-state index < -0.39 is 0 Å². The topological polar surface area (TPSA) is 0 Å². The van der Waals surface area contributed by atoms with Crippen LogP contribution in [0.5, 0.6) is 0 Å². The zero-order valence-corrected chi connectivity index (χ0v) is 31.5. The van der Waals surface area contributed by atoms with Gasteiger partial charge in [0.2, 0.25) is 0 Å². The molecule has 0 heterocycles. The molecule has 38 radical (unpaired) electrons. The van der Waals surface area contributed by atoms with Gasteiger partial charge in [0.15, 0.2) is 0 Å². The van der Waals surface area contributed by atoms with E-state index in [0.717, 1.165) is 10.8 Å². The van der Waals surface area contributed by atoms with Gasteiger partial charge < -0.3 is 0 Å².